The standard InChI is InChI=1S/C16H15BrFNO2/c1-10-3-7-15(21-10)11(2)19-16(20)8-4-12-9-13(17)5-6-14(12)18/h3-9,11H,1-2H3,(H,19,20)/b8-4+. The lowest BCUT2D eigenvalue weighted by molar-refractivity contribution is -0.117. The Bertz CT molecular complexity index is 679. The molecular weight excluding hydrogens is 337 g/mol. The van der Waals surface area contributed by atoms with Gasteiger partial charge >= 0.3 is 0 Å². The molecule has 0 saturated carbocycles. The van der Waals surface area contributed by atoms with Crippen LogP contribution in [0.15, 0.2) is 45.3 Å². The summed E-state index contributed by atoms with van der Waals surface area (Å²) in [5, 5.41) is 2.76. The highest BCUT2D eigenvalue weighted by Crippen LogP contribution is 2.17. The topological polar surface area (TPSA) is 42.2 Å². The molecule has 1 aromatic carbocycles. The summed E-state index contributed by atoms with van der Waals surface area (Å²) < 4.78 is 19.7. The van der Waals surface area contributed by atoms with Gasteiger partial charge in [-0.1, -0.05) is 15.9 Å². The lowest BCUT2D eigenvalue weighted by atomic mass is 10.2. The van der Waals surface area contributed by atoms with Crippen molar-refractivity contribution >= 4 is 27.9 Å². The SMILES string of the molecule is Cc1ccc(C(C)NC(=O)/C=C/c2cc(Br)ccc2F)o1. The monoisotopic (exact) mass is 351 g/mol. The quantitative estimate of drug-likeness (QED) is 0.830. The third kappa shape index (κ3) is 4.29. The van der Waals surface area contributed by atoms with Gasteiger partial charge in [-0.15, -0.1) is 0 Å². The molecule has 1 unspecified atom stereocenters. The van der Waals surface area contributed by atoms with Gasteiger partial charge < -0.3 is 9.73 Å². The smallest absolute Gasteiger partial charge is 0.244 e. The van der Waals surface area contributed by atoms with Gasteiger partial charge in [0.15, 0.2) is 0 Å². The minimum absolute atomic E-state index is 0.247. The number of nitrogens with one attached hydrogen (secondary N) is 1. The van der Waals surface area contributed by atoms with Crippen LogP contribution in [0.2, 0.25) is 0 Å². The van der Waals surface area contributed by atoms with E-state index in [9.17, 15) is 9.18 Å². The number of halogens is 2. The van der Waals surface area contributed by atoms with E-state index in [1.165, 1.54) is 18.2 Å². The average molecular weight is 352 g/mol. The lowest BCUT2D eigenvalue weighted by Gasteiger charge is -2.09. The summed E-state index contributed by atoms with van der Waals surface area (Å²) in [5.74, 6) is 0.786. The van der Waals surface area contributed by atoms with Gasteiger partial charge in [0.25, 0.3) is 0 Å². The van der Waals surface area contributed by atoms with Crippen LogP contribution in [0.25, 0.3) is 6.08 Å². The molecule has 3 nitrogen and oxygen atoms in total. The van der Waals surface area contributed by atoms with Crippen molar-refractivity contribution < 1.29 is 13.6 Å². The molecule has 1 atom stereocenters. The highest BCUT2D eigenvalue weighted by atomic mass is 79.9. The lowest BCUT2D eigenvalue weighted by Crippen LogP contribution is -2.24. The Balaban J connectivity index is 2.01. The summed E-state index contributed by atoms with van der Waals surface area (Å²) >= 11 is 3.26. The molecule has 0 saturated heterocycles. The first-order valence-corrected chi connectivity index (χ1v) is 7.25. The zero-order valence-electron chi connectivity index (χ0n) is 11.7. The Morgan fingerprint density at radius 2 is 2.14 bits per heavy atom. The van der Waals surface area contributed by atoms with Crippen LogP contribution >= 0.6 is 15.9 Å². The Hall–Kier alpha value is -1.88. The molecule has 0 aliphatic carbocycles. The molecule has 2 aromatic rings. The fourth-order valence-corrected chi connectivity index (χ4v) is 2.21. The minimum Gasteiger partial charge on any atom is -0.464 e. The number of benzene rings is 1. The Labute approximate surface area is 131 Å². The van der Waals surface area contributed by atoms with Gasteiger partial charge in [0.2, 0.25) is 5.91 Å². The molecule has 1 amide bonds. The van der Waals surface area contributed by atoms with Gasteiger partial charge in [0.1, 0.15) is 17.3 Å². The number of carbonyl (C=O) groups excluding carboxylic acids is 1. The van der Waals surface area contributed by atoms with Crippen LogP contribution in [0, 0.1) is 12.7 Å². The highest BCUT2D eigenvalue weighted by molar-refractivity contribution is 9.10. The molecule has 21 heavy (non-hydrogen) atoms. The molecule has 0 aliphatic heterocycles. The fourth-order valence-electron chi connectivity index (χ4n) is 1.83. The van der Waals surface area contributed by atoms with Gasteiger partial charge in [-0.05, 0) is 50.3 Å². The summed E-state index contributed by atoms with van der Waals surface area (Å²) in [7, 11) is 0. The predicted molar refractivity (Wildman–Crippen MR) is 83.1 cm³/mol. The van der Waals surface area contributed by atoms with Crippen LogP contribution in [0.4, 0.5) is 4.39 Å². The summed E-state index contributed by atoms with van der Waals surface area (Å²) in [6, 6.07) is 7.97. The van der Waals surface area contributed by atoms with Crippen molar-refractivity contribution in [3.63, 3.8) is 0 Å². The van der Waals surface area contributed by atoms with Gasteiger partial charge in [0.05, 0.1) is 6.04 Å². The molecule has 0 aliphatic rings. The molecule has 2 rings (SSSR count). The van der Waals surface area contributed by atoms with Crippen LogP contribution in [-0.2, 0) is 4.79 Å². The first-order valence-electron chi connectivity index (χ1n) is 6.45. The van der Waals surface area contributed by atoms with Crippen molar-refractivity contribution in [2.75, 3.05) is 0 Å². The second-order valence-corrected chi connectivity index (χ2v) is 5.59. The van der Waals surface area contributed by atoms with Crippen LogP contribution in [0.3, 0.4) is 0 Å². The van der Waals surface area contributed by atoms with Crippen LogP contribution in [-0.4, -0.2) is 5.91 Å². The van der Waals surface area contributed by atoms with E-state index in [2.05, 4.69) is 21.2 Å². The van der Waals surface area contributed by atoms with Crippen molar-refractivity contribution in [1.82, 2.24) is 5.32 Å². The van der Waals surface area contributed by atoms with Crippen LogP contribution < -0.4 is 5.32 Å². The van der Waals surface area contributed by atoms with Crippen molar-refractivity contribution in [3.8, 4) is 0 Å². The van der Waals surface area contributed by atoms with E-state index in [4.69, 9.17) is 4.42 Å². The average Bonchev–Trinajstić information content (AvgIpc) is 2.86. The largest absolute Gasteiger partial charge is 0.464 e. The first kappa shape index (κ1) is 15.5. The normalized spacial score (nSPS) is 12.6. The number of aryl methyl sites for hydroxylation is 1. The first-order chi connectivity index (χ1) is 9.95. The Morgan fingerprint density at radius 1 is 1.38 bits per heavy atom. The van der Waals surface area contributed by atoms with E-state index in [1.54, 1.807) is 12.1 Å². The van der Waals surface area contributed by atoms with Crippen molar-refractivity contribution in [2.45, 2.75) is 19.9 Å². The molecule has 0 fully saturated rings. The summed E-state index contributed by atoms with van der Waals surface area (Å²) in [6.07, 6.45) is 2.74. The van der Waals surface area contributed by atoms with Gasteiger partial charge in [0, 0.05) is 16.1 Å². The number of carbonyl (C=O) groups is 1. The molecule has 1 N–H and O–H groups in total. The van der Waals surface area contributed by atoms with Crippen LogP contribution in [0.1, 0.15) is 30.0 Å². The molecule has 0 spiro atoms. The van der Waals surface area contributed by atoms with E-state index in [-0.39, 0.29) is 17.8 Å². The summed E-state index contributed by atoms with van der Waals surface area (Å²) in [6.45, 7) is 3.66. The molecule has 0 radical (unpaired) electrons. The summed E-state index contributed by atoms with van der Waals surface area (Å²) in [5.41, 5.74) is 0.348. The van der Waals surface area contributed by atoms with E-state index in [0.29, 0.717) is 11.3 Å². The molecule has 1 aromatic heterocycles. The number of rotatable bonds is 4. The predicted octanol–water partition coefficient (Wildman–Crippen LogP) is 4.38. The molecule has 0 bridgehead atoms. The Kier molecular flexibility index (Phi) is 4.96. The van der Waals surface area contributed by atoms with Crippen molar-refractivity contribution in [2.24, 2.45) is 0 Å². The molecule has 1 heterocycles. The number of furan rings is 1. The van der Waals surface area contributed by atoms with E-state index in [1.807, 2.05) is 26.0 Å². The third-order valence-corrected chi connectivity index (χ3v) is 3.41. The van der Waals surface area contributed by atoms with Gasteiger partial charge in [-0.2, -0.15) is 0 Å². The minimum atomic E-state index is -0.378. The second-order valence-electron chi connectivity index (χ2n) is 4.68. The summed E-state index contributed by atoms with van der Waals surface area (Å²) in [4.78, 5) is 11.8. The zero-order chi connectivity index (χ0) is 15.4. The van der Waals surface area contributed by atoms with E-state index < -0.39 is 0 Å². The van der Waals surface area contributed by atoms with Crippen molar-refractivity contribution in [1.29, 1.82) is 0 Å². The van der Waals surface area contributed by atoms with Gasteiger partial charge in [-0.25, -0.2) is 4.39 Å². The zero-order valence-corrected chi connectivity index (χ0v) is 13.3. The van der Waals surface area contributed by atoms with E-state index in [0.717, 1.165) is 10.2 Å². The maximum absolute atomic E-state index is 13.5. The van der Waals surface area contributed by atoms with E-state index >= 15 is 0 Å². The number of hydrogen-bond donors (Lipinski definition) is 1. The fraction of sp³-hybridized carbons (Fsp3) is 0.188. The van der Waals surface area contributed by atoms with Crippen LogP contribution in [0.5, 0.6) is 0 Å². The number of hydrogen-bond acceptors (Lipinski definition) is 2. The molecular formula is C16H15BrFNO2. The molecule has 110 valence electrons. The number of amides is 1. The molecule has 5 heteroatoms. The van der Waals surface area contributed by atoms with Crippen molar-refractivity contribution in [3.05, 3.63) is 63.8 Å². The second kappa shape index (κ2) is 6.72. The van der Waals surface area contributed by atoms with Gasteiger partial charge in [-0.3, -0.25) is 4.79 Å². The maximum atomic E-state index is 13.5. The highest BCUT2D eigenvalue weighted by Gasteiger charge is 2.11. The Morgan fingerprint density at radius 3 is 2.81 bits per heavy atom. The maximum Gasteiger partial charge on any atom is 0.244 e. The third-order valence-electron chi connectivity index (χ3n) is 2.92.